The second-order valence-corrected chi connectivity index (χ2v) is 3.36. The Hall–Kier alpha value is -0.290. The lowest BCUT2D eigenvalue weighted by Gasteiger charge is -2.02. The minimum absolute atomic E-state index is 0.0253. The zero-order valence-corrected chi connectivity index (χ0v) is 7.83. The van der Waals surface area contributed by atoms with Gasteiger partial charge in [0.15, 0.2) is 0 Å². The molecule has 0 saturated heterocycles. The number of ether oxygens (including phenoxy) is 1. The third-order valence-corrected chi connectivity index (χ3v) is 1.95. The fourth-order valence-electron chi connectivity index (χ4n) is 0.348. The number of carboxylic acids is 1. The van der Waals surface area contributed by atoms with Crippen molar-refractivity contribution in [2.45, 2.75) is 13.3 Å². The van der Waals surface area contributed by atoms with E-state index in [-0.39, 0.29) is 5.75 Å². The van der Waals surface area contributed by atoms with E-state index < -0.39 is 5.97 Å². The molecular weight excluding hydrogens is 184 g/mol. The SMILES string of the molecule is CCCOC(=S)SCC(=O)O. The van der Waals surface area contributed by atoms with Crippen LogP contribution in [0.3, 0.4) is 0 Å². The molecule has 0 radical (unpaired) electrons. The minimum atomic E-state index is -0.877. The molecule has 0 fully saturated rings. The molecule has 0 aromatic heterocycles. The monoisotopic (exact) mass is 194 g/mol. The average Bonchev–Trinajstić information content (AvgIpc) is 1.97. The summed E-state index contributed by atoms with van der Waals surface area (Å²) in [5.74, 6) is -0.903. The smallest absolute Gasteiger partial charge is 0.313 e. The van der Waals surface area contributed by atoms with E-state index in [0.717, 1.165) is 18.2 Å². The van der Waals surface area contributed by atoms with Crippen molar-refractivity contribution in [3.63, 3.8) is 0 Å². The predicted molar refractivity (Wildman–Crippen MR) is 48.9 cm³/mol. The van der Waals surface area contributed by atoms with Crippen molar-refractivity contribution in [1.82, 2.24) is 0 Å². The molecule has 0 aromatic carbocycles. The van der Waals surface area contributed by atoms with Crippen LogP contribution in [0.15, 0.2) is 0 Å². The van der Waals surface area contributed by atoms with Gasteiger partial charge < -0.3 is 9.84 Å². The number of thiocarbonyl (C=S) groups is 1. The van der Waals surface area contributed by atoms with Crippen molar-refractivity contribution in [3.8, 4) is 0 Å². The quantitative estimate of drug-likeness (QED) is 0.687. The molecule has 0 aliphatic heterocycles. The maximum absolute atomic E-state index is 10.0. The van der Waals surface area contributed by atoms with E-state index in [0.29, 0.717) is 11.0 Å². The van der Waals surface area contributed by atoms with Gasteiger partial charge in [-0.1, -0.05) is 18.7 Å². The van der Waals surface area contributed by atoms with Gasteiger partial charge in [-0.25, -0.2) is 0 Å². The lowest BCUT2D eigenvalue weighted by Crippen LogP contribution is -2.04. The van der Waals surface area contributed by atoms with Crippen LogP contribution in [-0.4, -0.2) is 27.8 Å². The summed E-state index contributed by atoms with van der Waals surface area (Å²) in [6.07, 6.45) is 0.883. The van der Waals surface area contributed by atoms with Crippen molar-refractivity contribution in [2.75, 3.05) is 12.4 Å². The topological polar surface area (TPSA) is 46.5 Å². The highest BCUT2D eigenvalue weighted by molar-refractivity contribution is 8.22. The summed E-state index contributed by atoms with van der Waals surface area (Å²) in [6, 6.07) is 0. The van der Waals surface area contributed by atoms with Crippen molar-refractivity contribution in [1.29, 1.82) is 0 Å². The van der Waals surface area contributed by atoms with Crippen LogP contribution in [0, 0.1) is 0 Å². The zero-order chi connectivity index (χ0) is 8.69. The first-order chi connectivity index (χ1) is 5.16. The molecule has 0 rings (SSSR count). The van der Waals surface area contributed by atoms with E-state index in [9.17, 15) is 4.79 Å². The molecule has 0 aliphatic carbocycles. The van der Waals surface area contributed by atoms with Crippen LogP contribution in [0.4, 0.5) is 0 Å². The van der Waals surface area contributed by atoms with Gasteiger partial charge in [0.2, 0.25) is 4.38 Å². The summed E-state index contributed by atoms with van der Waals surface area (Å²) in [6.45, 7) is 2.52. The third kappa shape index (κ3) is 7.61. The summed E-state index contributed by atoms with van der Waals surface area (Å²) in [7, 11) is 0. The number of carbonyl (C=O) groups is 1. The molecular formula is C6H10O3S2. The van der Waals surface area contributed by atoms with Gasteiger partial charge in [-0.3, -0.25) is 4.79 Å². The highest BCUT2D eigenvalue weighted by Crippen LogP contribution is 2.05. The molecule has 0 spiro atoms. The summed E-state index contributed by atoms with van der Waals surface area (Å²) < 4.78 is 5.29. The highest BCUT2D eigenvalue weighted by atomic mass is 32.2. The second-order valence-electron chi connectivity index (χ2n) is 1.78. The van der Waals surface area contributed by atoms with E-state index in [4.69, 9.17) is 22.1 Å². The Bertz CT molecular complexity index is 147. The molecule has 0 aliphatic rings. The zero-order valence-electron chi connectivity index (χ0n) is 6.20. The Balaban J connectivity index is 3.30. The number of carboxylic acid groups (broad SMARTS) is 1. The number of aliphatic carboxylic acids is 1. The molecule has 0 heterocycles. The fourth-order valence-corrected chi connectivity index (χ4v) is 1.02. The van der Waals surface area contributed by atoms with Crippen LogP contribution < -0.4 is 0 Å². The van der Waals surface area contributed by atoms with E-state index >= 15 is 0 Å². The first-order valence-electron chi connectivity index (χ1n) is 3.18. The van der Waals surface area contributed by atoms with E-state index in [1.807, 2.05) is 6.92 Å². The summed E-state index contributed by atoms with van der Waals surface area (Å²) >= 11 is 5.75. The molecule has 1 N–H and O–H groups in total. The lowest BCUT2D eigenvalue weighted by atomic mass is 10.5. The third-order valence-electron chi connectivity index (χ3n) is 0.738. The normalized spacial score (nSPS) is 9.18. The van der Waals surface area contributed by atoms with Crippen molar-refractivity contribution in [3.05, 3.63) is 0 Å². The van der Waals surface area contributed by atoms with Crippen molar-refractivity contribution < 1.29 is 14.6 Å². The van der Waals surface area contributed by atoms with E-state index in [2.05, 4.69) is 0 Å². The van der Waals surface area contributed by atoms with Gasteiger partial charge in [-0.15, -0.1) is 0 Å². The Morgan fingerprint density at radius 2 is 2.36 bits per heavy atom. The summed E-state index contributed by atoms with van der Waals surface area (Å²) in [5.41, 5.74) is 0. The maximum Gasteiger partial charge on any atom is 0.313 e. The van der Waals surface area contributed by atoms with E-state index in [1.165, 1.54) is 0 Å². The van der Waals surface area contributed by atoms with Crippen molar-refractivity contribution in [2.24, 2.45) is 0 Å². The first-order valence-corrected chi connectivity index (χ1v) is 4.57. The summed E-state index contributed by atoms with van der Waals surface area (Å²) in [5, 5.41) is 8.25. The second kappa shape index (κ2) is 6.42. The van der Waals surface area contributed by atoms with Crippen molar-refractivity contribution >= 4 is 34.3 Å². The van der Waals surface area contributed by atoms with Crippen LogP contribution in [0.25, 0.3) is 0 Å². The highest BCUT2D eigenvalue weighted by Gasteiger charge is 2.01. The number of hydrogen-bond acceptors (Lipinski definition) is 4. The van der Waals surface area contributed by atoms with Crippen LogP contribution in [-0.2, 0) is 9.53 Å². The fraction of sp³-hybridized carbons (Fsp3) is 0.667. The van der Waals surface area contributed by atoms with Gasteiger partial charge in [0, 0.05) is 0 Å². The van der Waals surface area contributed by atoms with Crippen LogP contribution >= 0.6 is 24.0 Å². The molecule has 0 aromatic rings. The van der Waals surface area contributed by atoms with Crippen LogP contribution in [0.1, 0.15) is 13.3 Å². The average molecular weight is 194 g/mol. The Labute approximate surface area is 75.1 Å². The Morgan fingerprint density at radius 3 is 2.82 bits per heavy atom. The predicted octanol–water partition coefficient (Wildman–Crippen LogP) is 1.52. The summed E-state index contributed by atoms with van der Waals surface area (Å²) in [4.78, 5) is 10.0. The Morgan fingerprint density at radius 1 is 1.73 bits per heavy atom. The van der Waals surface area contributed by atoms with Gasteiger partial charge in [0.1, 0.15) is 0 Å². The van der Waals surface area contributed by atoms with Gasteiger partial charge in [-0.2, -0.15) is 0 Å². The maximum atomic E-state index is 10.0. The Kier molecular flexibility index (Phi) is 6.25. The molecule has 3 nitrogen and oxygen atoms in total. The van der Waals surface area contributed by atoms with Gasteiger partial charge in [0.05, 0.1) is 12.4 Å². The molecule has 5 heteroatoms. The lowest BCUT2D eigenvalue weighted by molar-refractivity contribution is -0.133. The molecule has 0 unspecified atom stereocenters. The molecule has 64 valence electrons. The molecule has 11 heavy (non-hydrogen) atoms. The largest absolute Gasteiger partial charge is 0.481 e. The van der Waals surface area contributed by atoms with Gasteiger partial charge in [0.25, 0.3) is 0 Å². The van der Waals surface area contributed by atoms with Gasteiger partial charge in [-0.05, 0) is 18.6 Å². The molecule has 0 atom stereocenters. The van der Waals surface area contributed by atoms with E-state index in [1.54, 1.807) is 0 Å². The molecule has 0 amide bonds. The number of rotatable bonds is 4. The molecule has 0 bridgehead atoms. The standard InChI is InChI=1S/C6H10O3S2/c1-2-3-9-6(10)11-4-5(7)8/h2-4H2,1H3,(H,7,8). The number of hydrogen-bond donors (Lipinski definition) is 1. The first kappa shape index (κ1) is 10.7. The van der Waals surface area contributed by atoms with Gasteiger partial charge >= 0.3 is 5.97 Å². The molecule has 0 saturated carbocycles. The van der Waals surface area contributed by atoms with Crippen LogP contribution in [0.2, 0.25) is 0 Å². The minimum Gasteiger partial charge on any atom is -0.481 e. The van der Waals surface area contributed by atoms with Crippen LogP contribution in [0.5, 0.6) is 0 Å². The number of thioether (sulfide) groups is 1.